The Morgan fingerprint density at radius 3 is 2.47 bits per heavy atom. The van der Waals surface area contributed by atoms with Gasteiger partial charge in [0.1, 0.15) is 5.82 Å². The highest BCUT2D eigenvalue weighted by Crippen LogP contribution is 2.35. The molecule has 3 aromatic rings. The molecule has 3 aliphatic heterocycles. The third kappa shape index (κ3) is 3.97. The van der Waals surface area contributed by atoms with Crippen LogP contribution in [0.15, 0.2) is 30.6 Å². The van der Waals surface area contributed by atoms with Crippen molar-refractivity contribution in [1.29, 1.82) is 0 Å². The quantitative estimate of drug-likeness (QED) is 0.542. The van der Waals surface area contributed by atoms with Crippen LogP contribution >= 0.6 is 11.6 Å². The summed E-state index contributed by atoms with van der Waals surface area (Å²) < 4.78 is 25.8. The van der Waals surface area contributed by atoms with Crippen LogP contribution in [0.25, 0.3) is 5.69 Å². The first-order valence-electron chi connectivity index (χ1n) is 11.6. The van der Waals surface area contributed by atoms with E-state index in [2.05, 4.69) is 34.5 Å². The Bertz CT molecular complexity index is 1320. The lowest BCUT2D eigenvalue weighted by molar-refractivity contribution is 0.193. The van der Waals surface area contributed by atoms with Gasteiger partial charge in [0.05, 0.1) is 23.7 Å². The van der Waals surface area contributed by atoms with Crippen molar-refractivity contribution in [2.45, 2.75) is 44.8 Å². The third-order valence-electron chi connectivity index (χ3n) is 7.07. The second kappa shape index (κ2) is 8.28. The molecule has 2 aromatic heterocycles. The smallest absolute Gasteiger partial charge is 0.225 e. The number of nitrogens with zero attached hydrogens (tertiary/aromatic N) is 7. The van der Waals surface area contributed by atoms with Crippen molar-refractivity contribution in [2.75, 3.05) is 29.5 Å². The van der Waals surface area contributed by atoms with Gasteiger partial charge in [-0.3, -0.25) is 9.47 Å². The lowest BCUT2D eigenvalue weighted by Gasteiger charge is -2.35. The molecule has 6 rings (SSSR count). The molecule has 0 amide bonds. The summed E-state index contributed by atoms with van der Waals surface area (Å²) >= 11 is 6.35. The molecule has 0 radical (unpaired) electrons. The van der Waals surface area contributed by atoms with Crippen LogP contribution in [0.1, 0.15) is 41.5 Å². The summed E-state index contributed by atoms with van der Waals surface area (Å²) in [6.07, 6.45) is 5.58. The fourth-order valence-corrected chi connectivity index (χ4v) is 6.90. The maximum atomic E-state index is 11.8. The van der Waals surface area contributed by atoms with E-state index < -0.39 is 9.84 Å². The average molecular weight is 500 g/mol. The van der Waals surface area contributed by atoms with Gasteiger partial charge in [0.2, 0.25) is 5.95 Å². The molecular formula is C23H26ClN7O2S. The SMILES string of the molecule is Cc1cnc(N2CCC(c3nnc4n3-c3ccc(Cl)cc3CN(C3CS(=O)(=O)C3)C4)CC2)nc1. The molecule has 34 heavy (non-hydrogen) atoms. The number of benzene rings is 1. The lowest BCUT2D eigenvalue weighted by atomic mass is 9.95. The Morgan fingerprint density at radius 2 is 1.76 bits per heavy atom. The molecule has 3 aliphatic rings. The number of rotatable bonds is 3. The zero-order valence-electron chi connectivity index (χ0n) is 18.9. The fraction of sp³-hybridized carbons (Fsp3) is 0.478. The van der Waals surface area contributed by atoms with Crippen LogP contribution < -0.4 is 4.90 Å². The number of halogens is 1. The van der Waals surface area contributed by atoms with Crippen molar-refractivity contribution >= 4 is 27.4 Å². The van der Waals surface area contributed by atoms with E-state index in [0.717, 1.165) is 60.3 Å². The standard InChI is InChI=1S/C23H26ClN7O2S/c1-15-9-25-23(26-10-15)29-6-4-16(5-7-29)22-28-27-21-12-30(19-13-34(32,33)14-19)11-17-8-18(24)2-3-20(17)31(21)22/h2-3,8-10,16,19H,4-7,11-14H2,1H3. The summed E-state index contributed by atoms with van der Waals surface area (Å²) in [5, 5.41) is 9.89. The predicted molar refractivity (Wildman–Crippen MR) is 129 cm³/mol. The van der Waals surface area contributed by atoms with Gasteiger partial charge < -0.3 is 4.90 Å². The molecule has 0 bridgehead atoms. The maximum Gasteiger partial charge on any atom is 0.225 e. The van der Waals surface area contributed by atoms with Crippen LogP contribution in [0.2, 0.25) is 5.02 Å². The molecule has 0 atom stereocenters. The largest absolute Gasteiger partial charge is 0.341 e. The minimum absolute atomic E-state index is 0.00118. The summed E-state index contributed by atoms with van der Waals surface area (Å²) in [4.78, 5) is 13.4. The van der Waals surface area contributed by atoms with Gasteiger partial charge in [-0.15, -0.1) is 10.2 Å². The van der Waals surface area contributed by atoms with Crippen LogP contribution in [0, 0.1) is 6.92 Å². The summed E-state index contributed by atoms with van der Waals surface area (Å²) in [5.41, 5.74) is 3.16. The lowest BCUT2D eigenvalue weighted by Crippen LogP contribution is -2.52. The Hall–Kier alpha value is -2.56. The van der Waals surface area contributed by atoms with Crippen molar-refractivity contribution in [1.82, 2.24) is 29.6 Å². The van der Waals surface area contributed by atoms with E-state index in [0.29, 0.717) is 18.1 Å². The van der Waals surface area contributed by atoms with Crippen LogP contribution in [0.3, 0.4) is 0 Å². The summed E-state index contributed by atoms with van der Waals surface area (Å²) in [5.74, 6) is 3.25. The van der Waals surface area contributed by atoms with Crippen LogP contribution in [0.4, 0.5) is 5.95 Å². The van der Waals surface area contributed by atoms with Crippen molar-refractivity contribution in [3.05, 3.63) is 58.4 Å². The first kappa shape index (κ1) is 21.9. The van der Waals surface area contributed by atoms with Gasteiger partial charge >= 0.3 is 0 Å². The maximum absolute atomic E-state index is 11.8. The van der Waals surface area contributed by atoms with Gasteiger partial charge in [0, 0.05) is 49.0 Å². The fourth-order valence-electron chi connectivity index (χ4n) is 5.21. The van der Waals surface area contributed by atoms with E-state index in [1.54, 1.807) is 0 Å². The van der Waals surface area contributed by atoms with Gasteiger partial charge in [-0.25, -0.2) is 18.4 Å². The molecule has 178 valence electrons. The molecule has 0 saturated carbocycles. The van der Waals surface area contributed by atoms with Crippen molar-refractivity contribution in [2.24, 2.45) is 0 Å². The minimum Gasteiger partial charge on any atom is -0.341 e. The van der Waals surface area contributed by atoms with Crippen molar-refractivity contribution in [3.8, 4) is 5.69 Å². The van der Waals surface area contributed by atoms with Gasteiger partial charge in [-0.2, -0.15) is 0 Å². The number of hydrogen-bond acceptors (Lipinski definition) is 8. The Morgan fingerprint density at radius 1 is 1.03 bits per heavy atom. The first-order chi connectivity index (χ1) is 16.4. The molecule has 2 fully saturated rings. The minimum atomic E-state index is -2.92. The van der Waals surface area contributed by atoms with Crippen molar-refractivity contribution in [3.63, 3.8) is 0 Å². The highest BCUT2D eigenvalue weighted by atomic mass is 35.5. The zero-order chi connectivity index (χ0) is 23.4. The van der Waals surface area contributed by atoms with Gasteiger partial charge in [0.15, 0.2) is 15.7 Å². The number of piperidine rings is 1. The molecule has 5 heterocycles. The van der Waals surface area contributed by atoms with Gasteiger partial charge in [0.25, 0.3) is 0 Å². The highest BCUT2D eigenvalue weighted by molar-refractivity contribution is 7.92. The number of aromatic nitrogens is 5. The number of sulfone groups is 1. The first-order valence-corrected chi connectivity index (χ1v) is 13.8. The second-order valence-corrected chi connectivity index (χ2v) is 12.1. The van der Waals surface area contributed by atoms with Crippen LogP contribution in [-0.4, -0.2) is 68.7 Å². The summed E-state index contributed by atoms with van der Waals surface area (Å²) in [6, 6.07) is 5.91. The molecule has 11 heteroatoms. The van der Waals surface area contributed by atoms with E-state index >= 15 is 0 Å². The summed E-state index contributed by atoms with van der Waals surface area (Å²) in [7, 11) is -2.92. The topological polar surface area (TPSA) is 97.1 Å². The molecule has 9 nitrogen and oxygen atoms in total. The predicted octanol–water partition coefficient (Wildman–Crippen LogP) is 2.52. The monoisotopic (exact) mass is 499 g/mol. The summed E-state index contributed by atoms with van der Waals surface area (Å²) in [6.45, 7) is 4.91. The molecule has 0 spiro atoms. The number of fused-ring (bicyclic) bond motifs is 3. The van der Waals surface area contributed by atoms with E-state index in [9.17, 15) is 8.42 Å². The Kier molecular flexibility index (Phi) is 5.34. The Labute approximate surface area is 203 Å². The molecule has 0 unspecified atom stereocenters. The molecular weight excluding hydrogens is 474 g/mol. The van der Waals surface area contributed by atoms with E-state index in [1.807, 2.05) is 37.5 Å². The molecule has 2 saturated heterocycles. The highest BCUT2D eigenvalue weighted by Gasteiger charge is 2.40. The number of aryl methyl sites for hydroxylation is 1. The average Bonchev–Trinajstić information content (AvgIpc) is 3.14. The zero-order valence-corrected chi connectivity index (χ0v) is 20.5. The molecule has 1 aromatic carbocycles. The molecule has 0 aliphatic carbocycles. The van der Waals surface area contributed by atoms with E-state index in [-0.39, 0.29) is 23.5 Å². The molecule has 0 N–H and O–H groups in total. The van der Waals surface area contributed by atoms with Crippen LogP contribution in [-0.2, 0) is 22.9 Å². The normalized spacial score (nSPS) is 20.9. The number of hydrogen-bond donors (Lipinski definition) is 0. The number of anilines is 1. The van der Waals surface area contributed by atoms with Gasteiger partial charge in [-0.05, 0) is 49.1 Å². The second-order valence-electron chi connectivity index (χ2n) is 9.54. The van der Waals surface area contributed by atoms with Crippen LogP contribution in [0.5, 0.6) is 0 Å². The third-order valence-corrected chi connectivity index (χ3v) is 9.10. The van der Waals surface area contributed by atoms with E-state index in [1.165, 1.54) is 0 Å². The van der Waals surface area contributed by atoms with Gasteiger partial charge in [-0.1, -0.05) is 11.6 Å². The van der Waals surface area contributed by atoms with E-state index in [4.69, 9.17) is 11.6 Å². The Balaban J connectivity index is 1.29. The van der Waals surface area contributed by atoms with Crippen molar-refractivity contribution < 1.29 is 8.42 Å².